The summed E-state index contributed by atoms with van der Waals surface area (Å²) in [6, 6.07) is 8.00. The van der Waals surface area contributed by atoms with Gasteiger partial charge in [-0.05, 0) is 43.2 Å². The van der Waals surface area contributed by atoms with Crippen LogP contribution in [0.15, 0.2) is 30.3 Å². The van der Waals surface area contributed by atoms with Crippen LogP contribution in [0.25, 0.3) is 10.9 Å². The number of carbonyl (C=O) groups is 2. The number of aromatic amines is 1. The van der Waals surface area contributed by atoms with Gasteiger partial charge in [0, 0.05) is 42.8 Å². The summed E-state index contributed by atoms with van der Waals surface area (Å²) in [7, 11) is 3.36. The predicted molar refractivity (Wildman–Crippen MR) is 126 cm³/mol. The number of hydrogen-bond donors (Lipinski definition) is 5. The van der Waals surface area contributed by atoms with Crippen molar-refractivity contribution < 1.29 is 14.0 Å². The van der Waals surface area contributed by atoms with Gasteiger partial charge in [-0.3, -0.25) is 9.59 Å². The molecule has 0 spiro atoms. The Kier molecular flexibility index (Phi) is 6.19. The van der Waals surface area contributed by atoms with E-state index >= 15 is 0 Å². The molecule has 9 nitrogen and oxygen atoms in total. The number of nitrogens with zero attached hydrogens (tertiary/aromatic N) is 2. The minimum atomic E-state index is -0.800. The zero-order valence-corrected chi connectivity index (χ0v) is 18.6. The molecule has 3 aromatic rings. The standard InChI is InChI=1S/C23H28FN7O2/c1-31(2)23(33)19-10-12-9-13(7-8-17(12)28-19)27-21-14(20(26)32)11-15(24)22(30-21)29-18-6-4-3-5-16(18)25/h7-11,16,18,28H,3-6,25H2,1-2H3,(H2,26,32)(H2,27,29,30)/t16-,18?/m0/s1. The first kappa shape index (κ1) is 22.5. The van der Waals surface area contributed by atoms with E-state index in [1.165, 1.54) is 4.90 Å². The van der Waals surface area contributed by atoms with Gasteiger partial charge in [0.1, 0.15) is 11.5 Å². The van der Waals surface area contributed by atoms with E-state index < -0.39 is 11.7 Å². The van der Waals surface area contributed by atoms with Gasteiger partial charge in [0.15, 0.2) is 11.6 Å². The summed E-state index contributed by atoms with van der Waals surface area (Å²) in [6.45, 7) is 0. The normalized spacial score (nSPS) is 18.2. The Morgan fingerprint density at radius 1 is 1.15 bits per heavy atom. The number of H-pyrrole nitrogens is 1. The topological polar surface area (TPSA) is 142 Å². The highest BCUT2D eigenvalue weighted by Gasteiger charge is 2.24. The molecular weight excluding hydrogens is 425 g/mol. The fraction of sp³-hybridized carbons (Fsp3) is 0.348. The number of aromatic nitrogens is 2. The third-order valence-corrected chi connectivity index (χ3v) is 5.90. The number of primary amides is 1. The van der Waals surface area contributed by atoms with Crippen LogP contribution in [0.3, 0.4) is 0 Å². The van der Waals surface area contributed by atoms with Gasteiger partial charge in [-0.1, -0.05) is 12.8 Å². The molecule has 0 radical (unpaired) electrons. The van der Waals surface area contributed by atoms with Crippen molar-refractivity contribution in [1.82, 2.24) is 14.9 Å². The second kappa shape index (κ2) is 9.07. The van der Waals surface area contributed by atoms with Crippen molar-refractivity contribution in [2.45, 2.75) is 37.8 Å². The molecule has 1 aliphatic rings. The highest BCUT2D eigenvalue weighted by Crippen LogP contribution is 2.28. The van der Waals surface area contributed by atoms with E-state index in [0.717, 1.165) is 42.7 Å². The number of amides is 2. The minimum absolute atomic E-state index is 0.0199. The van der Waals surface area contributed by atoms with E-state index in [4.69, 9.17) is 11.5 Å². The summed E-state index contributed by atoms with van der Waals surface area (Å²) < 4.78 is 14.7. The quantitative estimate of drug-likeness (QED) is 0.388. The van der Waals surface area contributed by atoms with E-state index in [2.05, 4.69) is 20.6 Å². The van der Waals surface area contributed by atoms with Crippen LogP contribution in [0.2, 0.25) is 0 Å². The Morgan fingerprint density at radius 2 is 1.91 bits per heavy atom. The number of rotatable bonds is 6. The van der Waals surface area contributed by atoms with Crippen molar-refractivity contribution in [3.05, 3.63) is 47.4 Å². The number of nitrogens with two attached hydrogens (primary N) is 2. The lowest BCUT2D eigenvalue weighted by Gasteiger charge is -2.30. The first-order valence-electron chi connectivity index (χ1n) is 10.9. The van der Waals surface area contributed by atoms with E-state index in [0.29, 0.717) is 11.4 Å². The second-order valence-electron chi connectivity index (χ2n) is 8.59. The summed E-state index contributed by atoms with van der Waals surface area (Å²) >= 11 is 0. The van der Waals surface area contributed by atoms with Gasteiger partial charge in [0.05, 0.1) is 5.56 Å². The molecular formula is C23H28FN7O2. The average molecular weight is 454 g/mol. The fourth-order valence-corrected chi connectivity index (χ4v) is 4.09. The van der Waals surface area contributed by atoms with Gasteiger partial charge in [-0.15, -0.1) is 0 Å². The van der Waals surface area contributed by atoms with Crippen molar-refractivity contribution >= 4 is 40.0 Å². The number of hydrogen-bond acceptors (Lipinski definition) is 6. The number of nitrogens with one attached hydrogen (secondary N) is 3. The molecule has 33 heavy (non-hydrogen) atoms. The lowest BCUT2D eigenvalue weighted by atomic mass is 9.91. The fourth-order valence-electron chi connectivity index (χ4n) is 4.09. The van der Waals surface area contributed by atoms with Crippen LogP contribution < -0.4 is 22.1 Å². The average Bonchev–Trinajstić information content (AvgIpc) is 3.19. The van der Waals surface area contributed by atoms with E-state index in [-0.39, 0.29) is 35.2 Å². The predicted octanol–water partition coefficient (Wildman–Crippen LogP) is 2.93. The van der Waals surface area contributed by atoms with E-state index in [9.17, 15) is 14.0 Å². The molecule has 2 atom stereocenters. The SMILES string of the molecule is CN(C)C(=O)c1cc2cc(Nc3nc(NC4CCCC[C@@H]4N)c(F)cc3C(N)=O)ccc2[nH]1. The maximum Gasteiger partial charge on any atom is 0.269 e. The van der Waals surface area contributed by atoms with Crippen LogP contribution >= 0.6 is 0 Å². The molecule has 1 unspecified atom stereocenters. The Labute approximate surface area is 190 Å². The lowest BCUT2D eigenvalue weighted by molar-refractivity contribution is 0.0822. The van der Waals surface area contributed by atoms with Crippen LogP contribution in [0.4, 0.5) is 21.7 Å². The molecule has 7 N–H and O–H groups in total. The second-order valence-corrected chi connectivity index (χ2v) is 8.59. The molecule has 174 valence electrons. The summed E-state index contributed by atoms with van der Waals surface area (Å²) in [4.78, 5) is 33.1. The van der Waals surface area contributed by atoms with Crippen LogP contribution in [-0.2, 0) is 0 Å². The van der Waals surface area contributed by atoms with Gasteiger partial charge in [0.2, 0.25) is 0 Å². The number of anilines is 3. The molecule has 1 saturated carbocycles. The Bertz CT molecular complexity index is 1210. The van der Waals surface area contributed by atoms with Crippen molar-refractivity contribution in [2.24, 2.45) is 11.5 Å². The molecule has 0 aliphatic heterocycles. The Morgan fingerprint density at radius 3 is 2.61 bits per heavy atom. The molecule has 2 heterocycles. The number of carbonyl (C=O) groups excluding carboxylic acids is 2. The Balaban J connectivity index is 1.65. The van der Waals surface area contributed by atoms with Crippen LogP contribution in [0.1, 0.15) is 46.5 Å². The third kappa shape index (κ3) is 4.75. The molecule has 1 aromatic carbocycles. The first-order chi connectivity index (χ1) is 15.7. The van der Waals surface area contributed by atoms with Crippen molar-refractivity contribution in [3.63, 3.8) is 0 Å². The summed E-state index contributed by atoms with van der Waals surface area (Å²) in [5.41, 5.74) is 13.4. The van der Waals surface area contributed by atoms with E-state index in [1.54, 1.807) is 38.4 Å². The molecule has 0 bridgehead atoms. The maximum absolute atomic E-state index is 14.7. The van der Waals surface area contributed by atoms with Gasteiger partial charge in [-0.25, -0.2) is 9.37 Å². The largest absolute Gasteiger partial charge is 0.365 e. The molecule has 4 rings (SSSR count). The molecule has 1 aliphatic carbocycles. The molecule has 10 heteroatoms. The summed E-state index contributed by atoms with van der Waals surface area (Å²) in [5, 5.41) is 6.95. The molecule has 1 fully saturated rings. The highest BCUT2D eigenvalue weighted by molar-refractivity contribution is 6.00. The van der Waals surface area contributed by atoms with Crippen LogP contribution in [-0.4, -0.2) is 52.9 Å². The van der Waals surface area contributed by atoms with Gasteiger partial charge >= 0.3 is 0 Å². The van der Waals surface area contributed by atoms with Crippen molar-refractivity contribution in [3.8, 4) is 0 Å². The number of benzene rings is 1. The monoisotopic (exact) mass is 453 g/mol. The first-order valence-corrected chi connectivity index (χ1v) is 10.9. The third-order valence-electron chi connectivity index (χ3n) is 5.90. The smallest absolute Gasteiger partial charge is 0.269 e. The minimum Gasteiger partial charge on any atom is -0.365 e. The molecule has 2 amide bonds. The van der Waals surface area contributed by atoms with Crippen molar-refractivity contribution in [2.75, 3.05) is 24.7 Å². The highest BCUT2D eigenvalue weighted by atomic mass is 19.1. The molecule has 2 aromatic heterocycles. The lowest BCUT2D eigenvalue weighted by Crippen LogP contribution is -2.43. The van der Waals surface area contributed by atoms with Crippen LogP contribution in [0.5, 0.6) is 0 Å². The zero-order valence-electron chi connectivity index (χ0n) is 18.6. The Hall–Kier alpha value is -3.66. The number of fused-ring (bicyclic) bond motifs is 1. The maximum atomic E-state index is 14.7. The van der Waals surface area contributed by atoms with Gasteiger partial charge in [-0.2, -0.15) is 0 Å². The van der Waals surface area contributed by atoms with Crippen LogP contribution in [0, 0.1) is 5.82 Å². The number of pyridine rings is 1. The van der Waals surface area contributed by atoms with Gasteiger partial charge < -0.3 is 32.0 Å². The number of halogens is 1. The molecule has 0 saturated heterocycles. The summed E-state index contributed by atoms with van der Waals surface area (Å²) in [5.74, 6) is -1.46. The van der Waals surface area contributed by atoms with E-state index in [1.807, 2.05) is 0 Å². The van der Waals surface area contributed by atoms with Gasteiger partial charge in [0.25, 0.3) is 11.8 Å². The zero-order chi connectivity index (χ0) is 23.7. The van der Waals surface area contributed by atoms with Crippen molar-refractivity contribution in [1.29, 1.82) is 0 Å². The summed E-state index contributed by atoms with van der Waals surface area (Å²) in [6.07, 6.45) is 3.73.